The summed E-state index contributed by atoms with van der Waals surface area (Å²) in [5.41, 5.74) is 0. The second kappa shape index (κ2) is 9.02. The van der Waals surface area contributed by atoms with E-state index in [9.17, 15) is 4.79 Å². The largest absolute Gasteiger partial charge is 0.497 e. The van der Waals surface area contributed by atoms with E-state index in [-0.39, 0.29) is 24.2 Å². The van der Waals surface area contributed by atoms with Gasteiger partial charge in [-0.15, -0.1) is 10.2 Å². The Balaban J connectivity index is 1.26. The summed E-state index contributed by atoms with van der Waals surface area (Å²) >= 11 is 1.38. The molecule has 0 bridgehead atoms. The molecule has 0 spiro atoms. The molecule has 2 saturated heterocycles. The van der Waals surface area contributed by atoms with Gasteiger partial charge in [0.1, 0.15) is 36.1 Å². The average Bonchev–Trinajstić information content (AvgIpc) is 3.29. The first-order valence-electron chi connectivity index (χ1n) is 9.41. The molecule has 3 heterocycles. The lowest BCUT2D eigenvalue weighted by molar-refractivity contribution is -0.128. The van der Waals surface area contributed by atoms with Gasteiger partial charge in [0.2, 0.25) is 5.91 Å². The van der Waals surface area contributed by atoms with E-state index < -0.39 is 0 Å². The number of methoxy groups -OCH3 is 1. The molecule has 1 aromatic heterocycles. The number of carbonyl (C=O) groups excluding carboxylic acids is 1. The van der Waals surface area contributed by atoms with Crippen LogP contribution in [-0.2, 0) is 21.3 Å². The van der Waals surface area contributed by atoms with Crippen molar-refractivity contribution in [2.75, 3.05) is 39.2 Å². The van der Waals surface area contributed by atoms with E-state index in [0.717, 1.165) is 10.9 Å². The first-order chi connectivity index (χ1) is 14.1. The SMILES string of the molecule is COc1cccc(OC2CO[C@H]3CN(C(=O)CSc4nncn4C)C[C@@H]3OC2)c1. The molecule has 1 amide bonds. The van der Waals surface area contributed by atoms with Gasteiger partial charge in [0.25, 0.3) is 0 Å². The van der Waals surface area contributed by atoms with Gasteiger partial charge in [-0.25, -0.2) is 0 Å². The van der Waals surface area contributed by atoms with Gasteiger partial charge in [-0.3, -0.25) is 4.79 Å². The van der Waals surface area contributed by atoms with Crippen molar-refractivity contribution in [2.45, 2.75) is 23.5 Å². The molecule has 29 heavy (non-hydrogen) atoms. The van der Waals surface area contributed by atoms with Crippen LogP contribution in [0.5, 0.6) is 11.5 Å². The van der Waals surface area contributed by atoms with Crippen LogP contribution in [0.4, 0.5) is 0 Å². The zero-order valence-electron chi connectivity index (χ0n) is 16.4. The molecule has 0 aliphatic carbocycles. The Hall–Kier alpha value is -2.30. The minimum Gasteiger partial charge on any atom is -0.497 e. The molecule has 2 aliphatic heterocycles. The van der Waals surface area contributed by atoms with Gasteiger partial charge in [-0.05, 0) is 12.1 Å². The summed E-state index contributed by atoms with van der Waals surface area (Å²) in [5.74, 6) is 1.81. The lowest BCUT2D eigenvalue weighted by atomic mass is 10.3. The van der Waals surface area contributed by atoms with Crippen molar-refractivity contribution in [3.05, 3.63) is 30.6 Å². The molecule has 0 unspecified atom stereocenters. The lowest BCUT2D eigenvalue weighted by Crippen LogP contribution is -2.33. The molecule has 2 fully saturated rings. The minimum atomic E-state index is -0.205. The van der Waals surface area contributed by atoms with Crippen molar-refractivity contribution in [3.63, 3.8) is 0 Å². The van der Waals surface area contributed by atoms with Crippen molar-refractivity contribution >= 4 is 17.7 Å². The van der Waals surface area contributed by atoms with Crippen LogP contribution in [0.25, 0.3) is 0 Å². The Labute approximate surface area is 173 Å². The Morgan fingerprint density at radius 1 is 1.24 bits per heavy atom. The Bertz CT molecular complexity index is 832. The average molecular weight is 420 g/mol. The van der Waals surface area contributed by atoms with Gasteiger partial charge in [0, 0.05) is 26.2 Å². The van der Waals surface area contributed by atoms with Crippen LogP contribution in [0.1, 0.15) is 0 Å². The number of rotatable bonds is 6. The highest BCUT2D eigenvalue weighted by Gasteiger charge is 2.39. The Morgan fingerprint density at radius 3 is 2.62 bits per heavy atom. The van der Waals surface area contributed by atoms with Crippen molar-refractivity contribution in [3.8, 4) is 11.5 Å². The summed E-state index contributed by atoms with van der Waals surface area (Å²) < 4.78 is 25.0. The Morgan fingerprint density at radius 2 is 1.97 bits per heavy atom. The number of amides is 1. The van der Waals surface area contributed by atoms with Crippen LogP contribution in [0, 0.1) is 0 Å². The molecule has 10 heteroatoms. The van der Waals surface area contributed by atoms with E-state index in [1.165, 1.54) is 11.8 Å². The number of aromatic nitrogens is 3. The van der Waals surface area contributed by atoms with Crippen LogP contribution in [0.2, 0.25) is 0 Å². The molecular formula is C19H24N4O5S. The fourth-order valence-corrected chi connectivity index (χ4v) is 4.12. The van der Waals surface area contributed by atoms with E-state index >= 15 is 0 Å². The van der Waals surface area contributed by atoms with Gasteiger partial charge in [0.15, 0.2) is 5.16 Å². The number of benzene rings is 1. The second-order valence-electron chi connectivity index (χ2n) is 6.97. The summed E-state index contributed by atoms with van der Waals surface area (Å²) in [4.78, 5) is 14.3. The smallest absolute Gasteiger partial charge is 0.233 e. The van der Waals surface area contributed by atoms with Gasteiger partial charge >= 0.3 is 0 Å². The van der Waals surface area contributed by atoms with E-state index in [1.54, 1.807) is 22.9 Å². The summed E-state index contributed by atoms with van der Waals surface area (Å²) in [6.45, 7) is 1.87. The number of likely N-dealkylation sites (tertiary alicyclic amines) is 1. The third kappa shape index (κ3) is 4.82. The highest BCUT2D eigenvalue weighted by Crippen LogP contribution is 2.25. The summed E-state index contributed by atoms with van der Waals surface area (Å²) in [5, 5.41) is 8.53. The van der Waals surface area contributed by atoms with Gasteiger partial charge in [-0.1, -0.05) is 17.8 Å². The maximum atomic E-state index is 12.5. The van der Waals surface area contributed by atoms with Crippen LogP contribution in [0.15, 0.2) is 35.7 Å². The maximum Gasteiger partial charge on any atom is 0.233 e. The van der Waals surface area contributed by atoms with Crippen LogP contribution in [0.3, 0.4) is 0 Å². The fraction of sp³-hybridized carbons (Fsp3) is 0.526. The zero-order chi connectivity index (χ0) is 20.2. The molecule has 2 atom stereocenters. The standard InChI is InChI=1S/C19H24N4O5S/c1-22-12-20-21-19(22)29-11-18(24)23-7-16-17(8-23)27-10-15(9-26-16)28-14-5-3-4-13(6-14)25-2/h3-6,12,15-17H,7-11H2,1-2H3/t16-,17-/m0/s1. The number of nitrogens with zero attached hydrogens (tertiary/aromatic N) is 4. The molecule has 2 aliphatic rings. The number of hydrogen-bond donors (Lipinski definition) is 0. The molecule has 156 valence electrons. The molecule has 9 nitrogen and oxygen atoms in total. The first kappa shape index (κ1) is 20.0. The number of hydrogen-bond acceptors (Lipinski definition) is 8. The molecular weight excluding hydrogens is 396 g/mol. The summed E-state index contributed by atoms with van der Waals surface area (Å²) in [7, 11) is 3.48. The Kier molecular flexibility index (Phi) is 6.22. The molecule has 4 rings (SSSR count). The van der Waals surface area contributed by atoms with E-state index in [4.69, 9.17) is 18.9 Å². The molecule has 0 radical (unpaired) electrons. The number of fused-ring (bicyclic) bond motifs is 1. The topological polar surface area (TPSA) is 87.9 Å². The summed E-state index contributed by atoms with van der Waals surface area (Å²) in [6.07, 6.45) is 1.13. The van der Waals surface area contributed by atoms with Crippen LogP contribution in [-0.4, -0.2) is 83.0 Å². The third-order valence-electron chi connectivity index (χ3n) is 4.90. The minimum absolute atomic E-state index is 0.0439. The third-order valence-corrected chi connectivity index (χ3v) is 5.92. The van der Waals surface area contributed by atoms with E-state index in [0.29, 0.717) is 37.8 Å². The normalized spacial score (nSPS) is 22.2. The van der Waals surface area contributed by atoms with Crippen molar-refractivity contribution in [1.82, 2.24) is 19.7 Å². The predicted molar refractivity (Wildman–Crippen MR) is 105 cm³/mol. The number of carbonyl (C=O) groups is 1. The summed E-state index contributed by atoms with van der Waals surface area (Å²) in [6, 6.07) is 7.46. The molecule has 1 aromatic carbocycles. The van der Waals surface area contributed by atoms with E-state index in [2.05, 4.69) is 10.2 Å². The highest BCUT2D eigenvalue weighted by atomic mass is 32.2. The van der Waals surface area contributed by atoms with Crippen molar-refractivity contribution < 1.29 is 23.7 Å². The van der Waals surface area contributed by atoms with Crippen molar-refractivity contribution in [2.24, 2.45) is 7.05 Å². The van der Waals surface area contributed by atoms with Gasteiger partial charge < -0.3 is 28.4 Å². The maximum absolute atomic E-state index is 12.5. The molecule has 0 N–H and O–H groups in total. The molecule has 0 saturated carbocycles. The van der Waals surface area contributed by atoms with Gasteiger partial charge in [-0.2, -0.15) is 0 Å². The number of thioether (sulfide) groups is 1. The fourth-order valence-electron chi connectivity index (χ4n) is 3.33. The van der Waals surface area contributed by atoms with Crippen molar-refractivity contribution in [1.29, 1.82) is 0 Å². The first-order valence-corrected chi connectivity index (χ1v) is 10.4. The number of ether oxygens (including phenoxy) is 4. The predicted octanol–water partition coefficient (Wildman–Crippen LogP) is 0.990. The molecule has 2 aromatic rings. The lowest BCUT2D eigenvalue weighted by Gasteiger charge is -2.19. The van der Waals surface area contributed by atoms with Crippen LogP contribution < -0.4 is 9.47 Å². The highest BCUT2D eigenvalue weighted by molar-refractivity contribution is 7.99. The second-order valence-corrected chi connectivity index (χ2v) is 7.92. The van der Waals surface area contributed by atoms with E-state index in [1.807, 2.05) is 31.3 Å². The monoisotopic (exact) mass is 420 g/mol. The van der Waals surface area contributed by atoms with Gasteiger partial charge in [0.05, 0.1) is 26.1 Å². The zero-order valence-corrected chi connectivity index (χ0v) is 17.2. The quantitative estimate of drug-likeness (QED) is 0.640. The number of aryl methyl sites for hydroxylation is 1. The van der Waals surface area contributed by atoms with Crippen LogP contribution >= 0.6 is 11.8 Å².